The molecule has 0 bridgehead atoms. The van der Waals surface area contributed by atoms with E-state index in [1.54, 1.807) is 30.4 Å². The number of carbonyl (C=O) groups is 1. The lowest BCUT2D eigenvalue weighted by molar-refractivity contribution is 0.153. The maximum atomic E-state index is 11.3. The van der Waals surface area contributed by atoms with Crippen LogP contribution < -0.4 is 5.32 Å². The Labute approximate surface area is 166 Å². The summed E-state index contributed by atoms with van der Waals surface area (Å²) in [6, 6.07) is 10.0. The van der Waals surface area contributed by atoms with Crippen LogP contribution in [0.4, 0.5) is 4.79 Å². The van der Waals surface area contributed by atoms with E-state index in [0.717, 1.165) is 33.4 Å². The van der Waals surface area contributed by atoms with Crippen LogP contribution in [0, 0.1) is 6.92 Å². The summed E-state index contributed by atoms with van der Waals surface area (Å²) in [6.07, 6.45) is 1.47. The molecule has 2 heterocycles. The van der Waals surface area contributed by atoms with Crippen LogP contribution in [0.2, 0.25) is 0 Å². The zero-order valence-corrected chi connectivity index (χ0v) is 17.0. The van der Waals surface area contributed by atoms with Gasteiger partial charge in [-0.15, -0.1) is 11.8 Å². The molecule has 6 nitrogen and oxygen atoms in total. The van der Waals surface area contributed by atoms with Crippen molar-refractivity contribution in [2.45, 2.75) is 29.7 Å². The number of ether oxygens (including phenoxy) is 1. The molecule has 0 aliphatic carbocycles. The average Bonchev–Trinajstić information content (AvgIpc) is 3.08. The van der Waals surface area contributed by atoms with E-state index in [2.05, 4.69) is 27.2 Å². The number of para-hydroxylation sites is 2. The Morgan fingerprint density at radius 1 is 1.26 bits per heavy atom. The number of fused-ring (bicyclic) bond motifs is 1. The van der Waals surface area contributed by atoms with Gasteiger partial charge >= 0.3 is 6.09 Å². The molecule has 0 fully saturated rings. The van der Waals surface area contributed by atoms with Gasteiger partial charge in [-0.1, -0.05) is 23.9 Å². The molecular weight excluding hydrogens is 380 g/mol. The second kappa shape index (κ2) is 9.66. The quantitative estimate of drug-likeness (QED) is 0.429. The SMILES string of the molecule is CCOC(=O)NCCSc1ccnc(CSc2nc3ccccc3[nH]2)c1C. The zero-order valence-electron chi connectivity index (χ0n) is 15.3. The maximum absolute atomic E-state index is 11.3. The summed E-state index contributed by atoms with van der Waals surface area (Å²) >= 11 is 3.35. The molecule has 142 valence electrons. The van der Waals surface area contributed by atoms with Gasteiger partial charge in [-0.2, -0.15) is 0 Å². The topological polar surface area (TPSA) is 79.9 Å². The van der Waals surface area contributed by atoms with Crippen molar-refractivity contribution in [2.75, 3.05) is 18.9 Å². The van der Waals surface area contributed by atoms with Gasteiger partial charge in [0, 0.05) is 29.1 Å². The third kappa shape index (κ3) is 5.40. The normalized spacial score (nSPS) is 10.9. The number of H-pyrrole nitrogens is 1. The molecule has 0 aliphatic rings. The molecule has 2 aromatic heterocycles. The Balaban J connectivity index is 1.55. The van der Waals surface area contributed by atoms with Crippen molar-refractivity contribution in [3.8, 4) is 0 Å². The average molecular weight is 403 g/mol. The van der Waals surface area contributed by atoms with Crippen molar-refractivity contribution in [1.82, 2.24) is 20.3 Å². The minimum Gasteiger partial charge on any atom is -0.450 e. The Morgan fingerprint density at radius 2 is 2.11 bits per heavy atom. The highest BCUT2D eigenvalue weighted by atomic mass is 32.2. The summed E-state index contributed by atoms with van der Waals surface area (Å²) in [5.41, 5.74) is 4.23. The lowest BCUT2D eigenvalue weighted by atomic mass is 10.2. The molecule has 0 unspecified atom stereocenters. The van der Waals surface area contributed by atoms with E-state index >= 15 is 0 Å². The van der Waals surface area contributed by atoms with Crippen LogP contribution in [-0.2, 0) is 10.5 Å². The first-order chi connectivity index (χ1) is 13.2. The number of nitrogens with one attached hydrogen (secondary N) is 2. The number of thioether (sulfide) groups is 2. The van der Waals surface area contributed by atoms with Crippen LogP contribution in [0.25, 0.3) is 11.0 Å². The highest BCUT2D eigenvalue weighted by Crippen LogP contribution is 2.28. The number of hydrogen-bond acceptors (Lipinski definition) is 6. The van der Waals surface area contributed by atoms with E-state index in [1.807, 2.05) is 36.5 Å². The number of nitrogens with zero attached hydrogens (tertiary/aromatic N) is 2. The molecule has 0 saturated carbocycles. The lowest BCUT2D eigenvalue weighted by Gasteiger charge is -2.10. The van der Waals surface area contributed by atoms with Crippen LogP contribution in [0.5, 0.6) is 0 Å². The number of imidazole rings is 1. The molecule has 3 rings (SSSR count). The van der Waals surface area contributed by atoms with Gasteiger partial charge in [-0.05, 0) is 37.6 Å². The highest BCUT2D eigenvalue weighted by molar-refractivity contribution is 7.99. The molecule has 27 heavy (non-hydrogen) atoms. The predicted octanol–water partition coefficient (Wildman–Crippen LogP) is 4.40. The maximum Gasteiger partial charge on any atom is 0.407 e. The van der Waals surface area contributed by atoms with E-state index < -0.39 is 0 Å². The van der Waals surface area contributed by atoms with Crippen molar-refractivity contribution in [1.29, 1.82) is 0 Å². The third-order valence-electron chi connectivity index (χ3n) is 3.88. The standard InChI is InChI=1S/C19H22N4O2S2/c1-3-25-19(24)21-10-11-26-17-8-9-20-16(13(17)2)12-27-18-22-14-6-4-5-7-15(14)23-18/h4-9H,3,10-12H2,1-2H3,(H,21,24)(H,22,23). The second-order valence-corrected chi connectivity index (χ2v) is 7.83. The number of hydrogen-bond donors (Lipinski definition) is 2. The van der Waals surface area contributed by atoms with Crippen LogP contribution in [0.1, 0.15) is 18.2 Å². The van der Waals surface area contributed by atoms with Crippen molar-refractivity contribution >= 4 is 40.7 Å². The number of aromatic nitrogens is 3. The Kier molecular flexibility index (Phi) is 7.00. The van der Waals surface area contributed by atoms with E-state index in [0.29, 0.717) is 13.2 Å². The summed E-state index contributed by atoms with van der Waals surface area (Å²) in [4.78, 5) is 24.9. The second-order valence-electron chi connectivity index (χ2n) is 5.72. The number of benzene rings is 1. The molecule has 0 saturated heterocycles. The van der Waals surface area contributed by atoms with E-state index in [1.165, 1.54) is 10.5 Å². The van der Waals surface area contributed by atoms with Crippen LogP contribution in [-0.4, -0.2) is 39.9 Å². The lowest BCUT2D eigenvalue weighted by Crippen LogP contribution is -2.26. The van der Waals surface area contributed by atoms with Gasteiger partial charge in [0.1, 0.15) is 0 Å². The zero-order chi connectivity index (χ0) is 19.1. The summed E-state index contributed by atoms with van der Waals surface area (Å²) in [6.45, 7) is 4.82. The molecule has 1 amide bonds. The monoisotopic (exact) mass is 402 g/mol. The first-order valence-corrected chi connectivity index (χ1v) is 10.7. The molecule has 2 N–H and O–H groups in total. The van der Waals surface area contributed by atoms with Crippen molar-refractivity contribution < 1.29 is 9.53 Å². The molecule has 0 aliphatic heterocycles. The molecule has 0 spiro atoms. The Hall–Kier alpha value is -2.19. The summed E-state index contributed by atoms with van der Waals surface area (Å²) in [5, 5.41) is 3.63. The number of alkyl carbamates (subject to hydrolysis) is 1. The minimum atomic E-state index is -0.368. The summed E-state index contributed by atoms with van der Waals surface area (Å²) < 4.78 is 4.85. The van der Waals surface area contributed by atoms with Gasteiger partial charge in [0.05, 0.1) is 23.3 Å². The van der Waals surface area contributed by atoms with E-state index in [4.69, 9.17) is 4.74 Å². The number of aromatic amines is 1. The Morgan fingerprint density at radius 3 is 2.93 bits per heavy atom. The Bertz CT molecular complexity index is 881. The molecule has 0 atom stereocenters. The third-order valence-corrected chi connectivity index (χ3v) is 5.92. The summed E-state index contributed by atoms with van der Waals surface area (Å²) in [5.74, 6) is 1.53. The first kappa shape index (κ1) is 19.6. The number of rotatable bonds is 8. The summed E-state index contributed by atoms with van der Waals surface area (Å²) in [7, 11) is 0. The first-order valence-electron chi connectivity index (χ1n) is 8.73. The van der Waals surface area contributed by atoms with E-state index in [-0.39, 0.29) is 6.09 Å². The number of carbonyl (C=O) groups excluding carboxylic acids is 1. The van der Waals surface area contributed by atoms with Crippen LogP contribution in [0.3, 0.4) is 0 Å². The number of pyridine rings is 1. The molecule has 1 aromatic carbocycles. The fraction of sp³-hybridized carbons (Fsp3) is 0.316. The smallest absolute Gasteiger partial charge is 0.407 e. The van der Waals surface area contributed by atoms with Gasteiger partial charge in [-0.3, -0.25) is 4.98 Å². The van der Waals surface area contributed by atoms with Crippen molar-refractivity contribution in [3.05, 3.63) is 47.8 Å². The molecule has 0 radical (unpaired) electrons. The van der Waals surface area contributed by atoms with Crippen LogP contribution >= 0.6 is 23.5 Å². The van der Waals surface area contributed by atoms with Crippen molar-refractivity contribution in [2.24, 2.45) is 0 Å². The van der Waals surface area contributed by atoms with E-state index in [9.17, 15) is 4.79 Å². The predicted molar refractivity (Wildman–Crippen MR) is 110 cm³/mol. The van der Waals surface area contributed by atoms with Gasteiger partial charge in [0.25, 0.3) is 0 Å². The van der Waals surface area contributed by atoms with Gasteiger partial charge in [0.15, 0.2) is 5.16 Å². The number of amides is 1. The molecular formula is C19H22N4O2S2. The molecule has 3 aromatic rings. The van der Waals surface area contributed by atoms with Gasteiger partial charge in [0.2, 0.25) is 0 Å². The van der Waals surface area contributed by atoms with Crippen molar-refractivity contribution in [3.63, 3.8) is 0 Å². The van der Waals surface area contributed by atoms with Gasteiger partial charge in [-0.25, -0.2) is 9.78 Å². The van der Waals surface area contributed by atoms with Crippen LogP contribution in [0.15, 0.2) is 46.6 Å². The van der Waals surface area contributed by atoms with Gasteiger partial charge < -0.3 is 15.0 Å². The fourth-order valence-corrected chi connectivity index (χ4v) is 4.32. The minimum absolute atomic E-state index is 0.368. The largest absolute Gasteiger partial charge is 0.450 e. The fourth-order valence-electron chi connectivity index (χ4n) is 2.49. The molecule has 8 heteroatoms. The highest BCUT2D eigenvalue weighted by Gasteiger charge is 2.09.